The quantitative estimate of drug-likeness (QED) is 0.639. The molecule has 26 heavy (non-hydrogen) atoms. The normalized spacial score (nSPS) is 12.0. The number of pyridine rings is 1. The highest BCUT2D eigenvalue weighted by Crippen LogP contribution is 2.33. The fourth-order valence-electron chi connectivity index (χ4n) is 2.79. The first-order chi connectivity index (χ1) is 12.2. The van der Waals surface area contributed by atoms with Crippen molar-refractivity contribution < 1.29 is 18.0 Å². The molecule has 0 radical (unpaired) electrons. The van der Waals surface area contributed by atoms with E-state index in [9.17, 15) is 18.0 Å². The molecule has 0 atom stereocenters. The molecular formula is C18H23ClF3N3O. The number of hydrogen-bond donors (Lipinski definition) is 0. The Kier molecular flexibility index (Phi) is 6.55. The summed E-state index contributed by atoms with van der Waals surface area (Å²) in [7, 11) is 0. The van der Waals surface area contributed by atoms with Crippen LogP contribution in [0.3, 0.4) is 0 Å². The zero-order valence-electron chi connectivity index (χ0n) is 15.2. The van der Waals surface area contributed by atoms with Crippen molar-refractivity contribution in [3.05, 3.63) is 34.2 Å². The predicted octanol–water partition coefficient (Wildman–Crippen LogP) is 5.36. The van der Waals surface area contributed by atoms with Crippen molar-refractivity contribution in [2.75, 3.05) is 13.1 Å². The number of alkyl halides is 3. The first-order valence-corrected chi connectivity index (χ1v) is 9.13. The van der Waals surface area contributed by atoms with Gasteiger partial charge in [-0.3, -0.25) is 9.20 Å². The third-order valence-corrected chi connectivity index (χ3v) is 4.51. The molecule has 2 heterocycles. The fourth-order valence-corrected chi connectivity index (χ4v) is 3.04. The topological polar surface area (TPSA) is 37.6 Å². The van der Waals surface area contributed by atoms with E-state index >= 15 is 0 Å². The summed E-state index contributed by atoms with van der Waals surface area (Å²) >= 11 is 6.00. The molecule has 0 saturated heterocycles. The molecule has 4 nitrogen and oxygen atoms in total. The summed E-state index contributed by atoms with van der Waals surface area (Å²) in [6.45, 7) is 6.79. The number of unbranched alkanes of at least 4 members (excludes halogenated alkanes) is 2. The molecule has 0 unspecified atom stereocenters. The van der Waals surface area contributed by atoms with E-state index < -0.39 is 11.7 Å². The van der Waals surface area contributed by atoms with Crippen LogP contribution in [0.4, 0.5) is 13.2 Å². The number of carbonyl (C=O) groups excluding carboxylic acids is 1. The third-order valence-electron chi connectivity index (χ3n) is 4.23. The van der Waals surface area contributed by atoms with E-state index in [2.05, 4.69) is 4.98 Å². The number of halogens is 4. The summed E-state index contributed by atoms with van der Waals surface area (Å²) in [6, 6.07) is 0.837. The molecule has 0 saturated carbocycles. The summed E-state index contributed by atoms with van der Waals surface area (Å²) in [4.78, 5) is 19.0. The van der Waals surface area contributed by atoms with Gasteiger partial charge in [-0.05, 0) is 25.8 Å². The van der Waals surface area contributed by atoms with Crippen LogP contribution >= 0.6 is 11.6 Å². The summed E-state index contributed by atoms with van der Waals surface area (Å²) < 4.78 is 40.6. The van der Waals surface area contributed by atoms with Gasteiger partial charge in [0.25, 0.3) is 5.91 Å². The van der Waals surface area contributed by atoms with Crippen LogP contribution in [-0.2, 0) is 6.18 Å². The zero-order valence-corrected chi connectivity index (χ0v) is 15.9. The van der Waals surface area contributed by atoms with Crippen molar-refractivity contribution in [1.82, 2.24) is 14.3 Å². The Morgan fingerprint density at radius 3 is 2.31 bits per heavy atom. The molecule has 0 aliphatic rings. The highest BCUT2D eigenvalue weighted by atomic mass is 35.5. The van der Waals surface area contributed by atoms with Crippen LogP contribution in [0.15, 0.2) is 12.3 Å². The molecule has 0 N–H and O–H groups in total. The SMILES string of the molecule is CCCCN(CCCC)C(=O)c1c(C)nc2c(Cl)cc(C(F)(F)F)cn12. The zero-order chi connectivity index (χ0) is 19.5. The highest BCUT2D eigenvalue weighted by molar-refractivity contribution is 6.33. The number of fused-ring (bicyclic) bond motifs is 1. The second-order valence-electron chi connectivity index (χ2n) is 6.31. The monoisotopic (exact) mass is 389 g/mol. The predicted molar refractivity (Wildman–Crippen MR) is 95.7 cm³/mol. The lowest BCUT2D eigenvalue weighted by Gasteiger charge is -2.22. The van der Waals surface area contributed by atoms with Gasteiger partial charge in [0.1, 0.15) is 5.69 Å². The molecule has 8 heteroatoms. The van der Waals surface area contributed by atoms with Crippen LogP contribution in [0, 0.1) is 6.92 Å². The Morgan fingerprint density at radius 1 is 1.23 bits per heavy atom. The van der Waals surface area contributed by atoms with E-state index in [0.29, 0.717) is 18.8 Å². The van der Waals surface area contributed by atoms with E-state index in [1.165, 1.54) is 4.40 Å². The minimum atomic E-state index is -4.56. The summed E-state index contributed by atoms with van der Waals surface area (Å²) in [5, 5.41) is -0.129. The maximum atomic E-state index is 13.1. The van der Waals surface area contributed by atoms with Gasteiger partial charge >= 0.3 is 6.18 Å². The van der Waals surface area contributed by atoms with Crippen molar-refractivity contribution in [3.63, 3.8) is 0 Å². The molecule has 2 aromatic heterocycles. The average Bonchev–Trinajstić information content (AvgIpc) is 2.90. The van der Waals surface area contributed by atoms with Gasteiger partial charge in [-0.15, -0.1) is 0 Å². The standard InChI is InChI=1S/C18H23ClF3N3O/c1-4-6-8-24(9-7-5-2)17(26)15-12(3)23-16-14(19)10-13(11-25(15)16)18(20,21)22/h10-11H,4-9H2,1-3H3. The molecule has 0 aromatic carbocycles. The van der Waals surface area contributed by atoms with Crippen molar-refractivity contribution in [2.45, 2.75) is 52.6 Å². The second kappa shape index (κ2) is 8.29. The lowest BCUT2D eigenvalue weighted by Crippen LogP contribution is -2.34. The summed E-state index contributed by atoms with van der Waals surface area (Å²) in [6.07, 6.45) is -0.148. The number of amides is 1. The van der Waals surface area contributed by atoms with Gasteiger partial charge in [0.05, 0.1) is 16.3 Å². The Labute approximate surface area is 156 Å². The minimum absolute atomic E-state index is 0.129. The van der Waals surface area contributed by atoms with Crippen molar-refractivity contribution in [2.24, 2.45) is 0 Å². The number of hydrogen-bond acceptors (Lipinski definition) is 2. The van der Waals surface area contributed by atoms with Crippen LogP contribution in [0.25, 0.3) is 5.65 Å². The molecule has 1 amide bonds. The number of aryl methyl sites for hydroxylation is 1. The van der Waals surface area contributed by atoms with Crippen LogP contribution in [0.2, 0.25) is 5.02 Å². The largest absolute Gasteiger partial charge is 0.417 e. The Balaban J connectivity index is 2.53. The van der Waals surface area contributed by atoms with Gasteiger partial charge in [0.15, 0.2) is 5.65 Å². The van der Waals surface area contributed by atoms with Crippen LogP contribution in [0.1, 0.15) is 61.3 Å². The lowest BCUT2D eigenvalue weighted by molar-refractivity contribution is -0.137. The third kappa shape index (κ3) is 4.31. The molecule has 2 aromatic rings. The Hall–Kier alpha value is -1.76. The van der Waals surface area contributed by atoms with E-state index in [1.54, 1.807) is 11.8 Å². The van der Waals surface area contributed by atoms with E-state index in [1.807, 2.05) is 13.8 Å². The molecular weight excluding hydrogens is 367 g/mol. The number of imidazole rings is 1. The van der Waals surface area contributed by atoms with Crippen LogP contribution in [0.5, 0.6) is 0 Å². The van der Waals surface area contributed by atoms with Crippen molar-refractivity contribution in [1.29, 1.82) is 0 Å². The number of rotatable bonds is 7. The number of aromatic nitrogens is 2. The summed E-state index contributed by atoms with van der Waals surface area (Å²) in [5.41, 5.74) is -0.240. The number of carbonyl (C=O) groups is 1. The van der Waals surface area contributed by atoms with Gasteiger partial charge in [0, 0.05) is 19.3 Å². The van der Waals surface area contributed by atoms with Crippen LogP contribution in [-0.4, -0.2) is 33.3 Å². The summed E-state index contributed by atoms with van der Waals surface area (Å²) in [5.74, 6) is -0.313. The highest BCUT2D eigenvalue weighted by Gasteiger charge is 2.33. The molecule has 0 aliphatic carbocycles. The second-order valence-corrected chi connectivity index (χ2v) is 6.72. The van der Waals surface area contributed by atoms with Gasteiger partial charge in [0.2, 0.25) is 0 Å². The Morgan fingerprint density at radius 2 is 1.81 bits per heavy atom. The number of nitrogens with zero attached hydrogens (tertiary/aromatic N) is 3. The fraction of sp³-hybridized carbons (Fsp3) is 0.556. The molecule has 0 aliphatic heterocycles. The van der Waals surface area contributed by atoms with Crippen molar-refractivity contribution in [3.8, 4) is 0 Å². The molecule has 0 bridgehead atoms. The molecule has 2 rings (SSSR count). The average molecular weight is 390 g/mol. The molecule has 144 valence electrons. The van der Waals surface area contributed by atoms with Gasteiger partial charge < -0.3 is 4.90 Å². The first-order valence-electron chi connectivity index (χ1n) is 8.75. The maximum Gasteiger partial charge on any atom is 0.417 e. The van der Waals surface area contributed by atoms with Crippen LogP contribution < -0.4 is 0 Å². The minimum Gasteiger partial charge on any atom is -0.337 e. The van der Waals surface area contributed by atoms with Crippen molar-refractivity contribution >= 4 is 23.2 Å². The maximum absolute atomic E-state index is 13.1. The van der Waals surface area contributed by atoms with E-state index in [0.717, 1.165) is 37.9 Å². The molecule has 0 spiro atoms. The van der Waals surface area contributed by atoms with Gasteiger partial charge in [-0.25, -0.2) is 4.98 Å². The first kappa shape index (κ1) is 20.6. The smallest absolute Gasteiger partial charge is 0.337 e. The lowest BCUT2D eigenvalue weighted by atomic mass is 10.2. The Bertz CT molecular complexity index is 778. The van der Waals surface area contributed by atoms with Gasteiger partial charge in [-0.1, -0.05) is 38.3 Å². The van der Waals surface area contributed by atoms with Gasteiger partial charge in [-0.2, -0.15) is 13.2 Å². The van der Waals surface area contributed by atoms with E-state index in [4.69, 9.17) is 11.6 Å². The molecule has 0 fully saturated rings. The van der Waals surface area contributed by atoms with E-state index in [-0.39, 0.29) is 22.3 Å².